The Labute approximate surface area is 151 Å². The third kappa shape index (κ3) is 3.74. The van der Waals surface area contributed by atoms with Gasteiger partial charge in [-0.1, -0.05) is 32.0 Å². The van der Waals surface area contributed by atoms with Gasteiger partial charge in [0.1, 0.15) is 12.1 Å². The summed E-state index contributed by atoms with van der Waals surface area (Å²) in [6.07, 6.45) is 1.30. The number of amides is 1. The van der Waals surface area contributed by atoms with E-state index in [0.29, 0.717) is 22.6 Å². The number of aromatic nitrogens is 2. The summed E-state index contributed by atoms with van der Waals surface area (Å²) < 4.78 is 6.61. The second kappa shape index (κ2) is 7.39. The summed E-state index contributed by atoms with van der Waals surface area (Å²) in [5, 5.41) is 0.441. The van der Waals surface area contributed by atoms with E-state index in [4.69, 9.17) is 4.74 Å². The highest BCUT2D eigenvalue weighted by molar-refractivity contribution is 5.85. The first-order chi connectivity index (χ1) is 12.5. The lowest BCUT2D eigenvalue weighted by molar-refractivity contribution is -0.119. The number of hydrogen-bond acceptors (Lipinski definition) is 4. The van der Waals surface area contributed by atoms with E-state index in [1.165, 1.54) is 11.9 Å². The number of hydrogen-bond donors (Lipinski definition) is 1. The van der Waals surface area contributed by atoms with Gasteiger partial charge in [0, 0.05) is 0 Å². The van der Waals surface area contributed by atoms with Crippen LogP contribution in [0.25, 0.3) is 10.9 Å². The minimum atomic E-state index is -0.435. The van der Waals surface area contributed by atoms with Crippen molar-refractivity contribution in [2.45, 2.75) is 26.7 Å². The second-order valence-corrected chi connectivity index (χ2v) is 6.43. The molecule has 0 saturated heterocycles. The highest BCUT2D eigenvalue weighted by atomic mass is 16.5. The molecule has 3 aromatic rings. The van der Waals surface area contributed by atoms with Gasteiger partial charge in [-0.15, -0.1) is 0 Å². The van der Waals surface area contributed by atoms with Crippen molar-refractivity contribution >= 4 is 16.8 Å². The number of aryl methyl sites for hydroxylation is 1. The molecule has 0 atom stereocenters. The fourth-order valence-electron chi connectivity index (χ4n) is 2.85. The SMILES string of the molecule is Cc1cc(OCC(=O)Nn2cnc3ccccc3c2=O)ccc1C(C)C. The molecule has 0 fully saturated rings. The zero-order chi connectivity index (χ0) is 18.7. The van der Waals surface area contributed by atoms with Gasteiger partial charge in [0.05, 0.1) is 10.9 Å². The summed E-state index contributed by atoms with van der Waals surface area (Å²) in [7, 11) is 0. The highest BCUT2D eigenvalue weighted by Crippen LogP contribution is 2.23. The van der Waals surface area contributed by atoms with E-state index in [0.717, 1.165) is 10.2 Å². The van der Waals surface area contributed by atoms with Crippen LogP contribution in [-0.2, 0) is 4.79 Å². The van der Waals surface area contributed by atoms with E-state index in [1.807, 2.05) is 25.1 Å². The molecule has 0 aliphatic heterocycles. The van der Waals surface area contributed by atoms with Crippen LogP contribution in [0.5, 0.6) is 5.75 Å². The van der Waals surface area contributed by atoms with Crippen LogP contribution in [0.4, 0.5) is 0 Å². The van der Waals surface area contributed by atoms with Gasteiger partial charge < -0.3 is 4.74 Å². The normalized spacial score (nSPS) is 10.9. The van der Waals surface area contributed by atoms with E-state index in [2.05, 4.69) is 24.3 Å². The molecule has 26 heavy (non-hydrogen) atoms. The number of benzene rings is 2. The Morgan fingerprint density at radius 1 is 1.23 bits per heavy atom. The van der Waals surface area contributed by atoms with Crippen LogP contribution in [0.15, 0.2) is 53.6 Å². The molecule has 1 heterocycles. The number of fused-ring (bicyclic) bond motifs is 1. The van der Waals surface area contributed by atoms with Crippen molar-refractivity contribution in [3.05, 3.63) is 70.3 Å². The van der Waals surface area contributed by atoms with E-state index in [9.17, 15) is 9.59 Å². The summed E-state index contributed by atoms with van der Waals surface area (Å²) >= 11 is 0. The summed E-state index contributed by atoms with van der Waals surface area (Å²) in [6, 6.07) is 12.7. The number of carbonyl (C=O) groups is 1. The van der Waals surface area contributed by atoms with Crippen LogP contribution in [0, 0.1) is 6.92 Å². The van der Waals surface area contributed by atoms with Crippen LogP contribution in [0.2, 0.25) is 0 Å². The van der Waals surface area contributed by atoms with Crippen molar-refractivity contribution in [2.24, 2.45) is 0 Å². The molecule has 0 saturated carbocycles. The Balaban J connectivity index is 1.67. The fraction of sp³-hybridized carbons (Fsp3) is 0.250. The molecule has 3 rings (SSSR count). The molecule has 2 aromatic carbocycles. The topological polar surface area (TPSA) is 73.2 Å². The molecular weight excluding hydrogens is 330 g/mol. The molecule has 6 heteroatoms. The maximum atomic E-state index is 12.4. The van der Waals surface area contributed by atoms with Crippen molar-refractivity contribution in [3.63, 3.8) is 0 Å². The minimum absolute atomic E-state index is 0.195. The van der Waals surface area contributed by atoms with Crippen LogP contribution < -0.4 is 15.7 Å². The fourth-order valence-corrected chi connectivity index (χ4v) is 2.85. The maximum absolute atomic E-state index is 12.4. The Morgan fingerprint density at radius 3 is 2.73 bits per heavy atom. The zero-order valence-electron chi connectivity index (χ0n) is 15.0. The van der Waals surface area contributed by atoms with Gasteiger partial charge in [-0.05, 0) is 48.2 Å². The molecule has 1 aromatic heterocycles. The lowest BCUT2D eigenvalue weighted by Gasteiger charge is -2.13. The average Bonchev–Trinajstić information content (AvgIpc) is 2.62. The molecule has 0 spiro atoms. The Morgan fingerprint density at radius 2 is 2.00 bits per heavy atom. The van der Waals surface area contributed by atoms with Gasteiger partial charge >= 0.3 is 0 Å². The molecule has 1 amide bonds. The average molecular weight is 351 g/mol. The lowest BCUT2D eigenvalue weighted by Crippen LogP contribution is -2.35. The Kier molecular flexibility index (Phi) is 5.02. The molecule has 0 unspecified atom stereocenters. The van der Waals surface area contributed by atoms with E-state index >= 15 is 0 Å². The lowest BCUT2D eigenvalue weighted by atomic mass is 9.98. The van der Waals surface area contributed by atoms with Crippen molar-refractivity contribution < 1.29 is 9.53 Å². The molecule has 0 aliphatic rings. The summed E-state index contributed by atoms with van der Waals surface area (Å²) in [6.45, 7) is 6.08. The van der Waals surface area contributed by atoms with Gasteiger partial charge in [-0.25, -0.2) is 9.66 Å². The third-order valence-electron chi connectivity index (χ3n) is 4.14. The van der Waals surface area contributed by atoms with E-state index in [-0.39, 0.29) is 12.2 Å². The predicted octanol–water partition coefficient (Wildman–Crippen LogP) is 2.98. The Hall–Kier alpha value is -3.15. The van der Waals surface area contributed by atoms with Gasteiger partial charge in [0.2, 0.25) is 0 Å². The smallest absolute Gasteiger partial charge is 0.280 e. The molecule has 6 nitrogen and oxygen atoms in total. The number of nitrogens with zero attached hydrogens (tertiary/aromatic N) is 2. The maximum Gasteiger partial charge on any atom is 0.280 e. The number of rotatable bonds is 5. The van der Waals surface area contributed by atoms with Crippen LogP contribution >= 0.6 is 0 Å². The quantitative estimate of drug-likeness (QED) is 0.767. The molecule has 134 valence electrons. The standard InChI is InChI=1S/C20H21N3O3/c1-13(2)16-9-8-15(10-14(16)3)26-11-19(24)22-23-12-21-18-7-5-4-6-17(18)20(23)25/h4-10,12-13H,11H2,1-3H3,(H,22,24). The van der Waals surface area contributed by atoms with Gasteiger partial charge in [0.15, 0.2) is 6.61 Å². The van der Waals surface area contributed by atoms with E-state index in [1.54, 1.807) is 24.3 Å². The van der Waals surface area contributed by atoms with E-state index < -0.39 is 5.91 Å². The Bertz CT molecular complexity index is 1010. The first-order valence-electron chi connectivity index (χ1n) is 8.45. The van der Waals surface area contributed by atoms with Gasteiger partial charge in [0.25, 0.3) is 11.5 Å². The van der Waals surface area contributed by atoms with Crippen molar-refractivity contribution in [3.8, 4) is 5.75 Å². The largest absolute Gasteiger partial charge is 0.484 e. The molecule has 1 N–H and O–H groups in total. The highest BCUT2D eigenvalue weighted by Gasteiger charge is 2.09. The molecule has 0 radical (unpaired) electrons. The number of ether oxygens (including phenoxy) is 1. The van der Waals surface area contributed by atoms with Crippen LogP contribution in [-0.4, -0.2) is 22.2 Å². The van der Waals surface area contributed by atoms with Crippen LogP contribution in [0.3, 0.4) is 0 Å². The number of nitrogens with one attached hydrogen (secondary N) is 1. The summed E-state index contributed by atoms with van der Waals surface area (Å²) in [5.74, 6) is 0.612. The first kappa shape index (κ1) is 17.7. The van der Waals surface area contributed by atoms with Crippen LogP contribution in [0.1, 0.15) is 30.9 Å². The van der Waals surface area contributed by atoms with Gasteiger partial charge in [-0.2, -0.15) is 0 Å². The van der Waals surface area contributed by atoms with Crippen molar-refractivity contribution in [1.29, 1.82) is 0 Å². The molecule has 0 aliphatic carbocycles. The second-order valence-electron chi connectivity index (χ2n) is 6.43. The molecular formula is C20H21N3O3. The third-order valence-corrected chi connectivity index (χ3v) is 4.14. The predicted molar refractivity (Wildman–Crippen MR) is 101 cm³/mol. The first-order valence-corrected chi connectivity index (χ1v) is 8.45. The van der Waals surface area contributed by atoms with Crippen molar-refractivity contribution in [2.75, 3.05) is 12.0 Å². The molecule has 0 bridgehead atoms. The minimum Gasteiger partial charge on any atom is -0.484 e. The van der Waals surface area contributed by atoms with Crippen molar-refractivity contribution in [1.82, 2.24) is 9.66 Å². The summed E-state index contributed by atoms with van der Waals surface area (Å²) in [5.41, 5.74) is 5.11. The zero-order valence-corrected chi connectivity index (χ0v) is 15.0. The monoisotopic (exact) mass is 351 g/mol. The number of para-hydroxylation sites is 1. The van der Waals surface area contributed by atoms with Gasteiger partial charge in [-0.3, -0.25) is 15.0 Å². The summed E-state index contributed by atoms with van der Waals surface area (Å²) in [4.78, 5) is 28.6. The number of carbonyl (C=O) groups excluding carboxylic acids is 1.